The normalized spacial score (nSPS) is 10.1. The maximum absolute atomic E-state index is 5.93. The third kappa shape index (κ3) is 1.84. The van der Waals surface area contributed by atoms with Gasteiger partial charge >= 0.3 is 0 Å². The lowest BCUT2D eigenvalue weighted by Crippen LogP contribution is -1.94. The maximum atomic E-state index is 5.93. The highest BCUT2D eigenvalue weighted by Gasteiger charge is 2.06. The molecule has 82 valence electrons. The second-order valence-corrected chi connectivity index (χ2v) is 3.65. The number of nitrogen functional groups attached to an aromatic ring is 1. The summed E-state index contributed by atoms with van der Waals surface area (Å²) in [5.41, 5.74) is 9.82. The average molecular weight is 214 g/mol. The van der Waals surface area contributed by atoms with Crippen LogP contribution in [-0.2, 0) is 0 Å². The number of hydrogen-bond acceptors (Lipinski definition) is 3. The molecule has 3 heteroatoms. The van der Waals surface area contributed by atoms with Crippen molar-refractivity contribution in [3.8, 4) is 16.9 Å². The molecule has 1 heterocycles. The fourth-order valence-corrected chi connectivity index (χ4v) is 1.74. The molecule has 0 aliphatic rings. The number of aromatic nitrogens is 1. The molecular formula is C13H14N2O. The second kappa shape index (κ2) is 4.23. The molecule has 0 saturated heterocycles. The first kappa shape index (κ1) is 10.5. The molecule has 0 spiro atoms. The number of nitrogens with two attached hydrogens (primary N) is 1. The number of benzene rings is 1. The van der Waals surface area contributed by atoms with E-state index in [1.165, 1.54) is 0 Å². The number of nitrogens with zero attached hydrogens (tertiary/aromatic N) is 1. The monoisotopic (exact) mass is 214 g/mol. The first-order valence-electron chi connectivity index (χ1n) is 5.07. The molecule has 0 aliphatic heterocycles. The third-order valence-corrected chi connectivity index (χ3v) is 2.54. The van der Waals surface area contributed by atoms with Crippen LogP contribution in [0.2, 0.25) is 0 Å². The summed E-state index contributed by atoms with van der Waals surface area (Å²) in [6.07, 6.45) is 3.49. The Hall–Kier alpha value is -2.03. The molecule has 1 aromatic heterocycles. The topological polar surface area (TPSA) is 48.1 Å². The Balaban J connectivity index is 2.50. The van der Waals surface area contributed by atoms with Crippen molar-refractivity contribution in [2.24, 2.45) is 0 Å². The fourth-order valence-electron chi connectivity index (χ4n) is 1.74. The molecule has 0 atom stereocenters. The van der Waals surface area contributed by atoms with Crippen LogP contribution in [0.5, 0.6) is 5.75 Å². The Kier molecular flexibility index (Phi) is 2.77. The Morgan fingerprint density at radius 2 is 1.81 bits per heavy atom. The van der Waals surface area contributed by atoms with Crippen molar-refractivity contribution < 1.29 is 4.74 Å². The summed E-state index contributed by atoms with van der Waals surface area (Å²) < 4.78 is 5.12. The quantitative estimate of drug-likeness (QED) is 0.836. The van der Waals surface area contributed by atoms with Crippen molar-refractivity contribution in [3.05, 3.63) is 42.2 Å². The van der Waals surface area contributed by atoms with Crippen LogP contribution in [-0.4, -0.2) is 12.1 Å². The molecule has 0 radical (unpaired) electrons. The van der Waals surface area contributed by atoms with Crippen LogP contribution in [0.4, 0.5) is 5.69 Å². The zero-order chi connectivity index (χ0) is 11.5. The Labute approximate surface area is 94.9 Å². The van der Waals surface area contributed by atoms with Crippen LogP contribution in [0, 0.1) is 6.92 Å². The predicted octanol–water partition coefficient (Wildman–Crippen LogP) is 2.65. The smallest absolute Gasteiger partial charge is 0.118 e. The van der Waals surface area contributed by atoms with Crippen molar-refractivity contribution in [1.29, 1.82) is 0 Å². The number of hydrogen-bond donors (Lipinski definition) is 1. The molecule has 2 aromatic rings. The van der Waals surface area contributed by atoms with Gasteiger partial charge in [0.15, 0.2) is 0 Å². The lowest BCUT2D eigenvalue weighted by molar-refractivity contribution is 0.415. The Morgan fingerprint density at radius 3 is 2.38 bits per heavy atom. The first-order chi connectivity index (χ1) is 7.72. The van der Waals surface area contributed by atoms with Crippen LogP contribution >= 0.6 is 0 Å². The molecule has 0 bridgehead atoms. The summed E-state index contributed by atoms with van der Waals surface area (Å²) in [7, 11) is 1.65. The Bertz CT molecular complexity index is 472. The minimum atomic E-state index is 0.699. The van der Waals surface area contributed by atoms with Gasteiger partial charge in [-0.15, -0.1) is 0 Å². The molecule has 1 aromatic carbocycles. The van der Waals surface area contributed by atoms with Crippen LogP contribution in [0.15, 0.2) is 36.7 Å². The minimum Gasteiger partial charge on any atom is -0.497 e. The van der Waals surface area contributed by atoms with Crippen LogP contribution in [0.25, 0.3) is 11.1 Å². The highest BCUT2D eigenvalue weighted by molar-refractivity contribution is 5.78. The number of methoxy groups -OCH3 is 1. The largest absolute Gasteiger partial charge is 0.497 e. The van der Waals surface area contributed by atoms with Gasteiger partial charge in [0, 0.05) is 11.8 Å². The highest BCUT2D eigenvalue weighted by Crippen LogP contribution is 2.29. The molecule has 16 heavy (non-hydrogen) atoms. The summed E-state index contributed by atoms with van der Waals surface area (Å²) in [5, 5.41) is 0. The van der Waals surface area contributed by atoms with E-state index in [1.807, 2.05) is 37.4 Å². The summed E-state index contributed by atoms with van der Waals surface area (Å²) in [4.78, 5) is 4.05. The number of pyridine rings is 1. The zero-order valence-electron chi connectivity index (χ0n) is 9.40. The van der Waals surface area contributed by atoms with Crippen molar-refractivity contribution in [2.75, 3.05) is 12.8 Å². The summed E-state index contributed by atoms with van der Waals surface area (Å²) in [6.45, 7) is 2.00. The van der Waals surface area contributed by atoms with E-state index in [-0.39, 0.29) is 0 Å². The minimum absolute atomic E-state index is 0.699. The van der Waals surface area contributed by atoms with E-state index in [9.17, 15) is 0 Å². The standard InChI is InChI=1S/C13H14N2O/c1-9-7-15-8-12(14)13(9)10-3-5-11(16-2)6-4-10/h3-8H,14H2,1-2H3. The number of aryl methyl sites for hydroxylation is 1. The van der Waals surface area contributed by atoms with Gasteiger partial charge < -0.3 is 10.5 Å². The lowest BCUT2D eigenvalue weighted by atomic mass is 10.0. The SMILES string of the molecule is COc1ccc(-c2c(C)cncc2N)cc1. The zero-order valence-corrected chi connectivity index (χ0v) is 9.40. The van der Waals surface area contributed by atoms with Crippen LogP contribution in [0.3, 0.4) is 0 Å². The van der Waals surface area contributed by atoms with Gasteiger partial charge in [0.1, 0.15) is 5.75 Å². The molecule has 0 unspecified atom stereocenters. The van der Waals surface area contributed by atoms with E-state index in [0.717, 1.165) is 22.4 Å². The molecule has 0 saturated carbocycles. The van der Waals surface area contributed by atoms with Gasteiger partial charge in [-0.3, -0.25) is 4.98 Å². The first-order valence-corrected chi connectivity index (χ1v) is 5.07. The van der Waals surface area contributed by atoms with Crippen LogP contribution < -0.4 is 10.5 Å². The fraction of sp³-hybridized carbons (Fsp3) is 0.154. The molecule has 2 N–H and O–H groups in total. The van der Waals surface area contributed by atoms with Crippen molar-refractivity contribution in [2.45, 2.75) is 6.92 Å². The summed E-state index contributed by atoms with van der Waals surface area (Å²) in [5.74, 6) is 0.842. The van der Waals surface area contributed by atoms with E-state index in [4.69, 9.17) is 10.5 Å². The lowest BCUT2D eigenvalue weighted by Gasteiger charge is -2.09. The maximum Gasteiger partial charge on any atom is 0.118 e. The highest BCUT2D eigenvalue weighted by atomic mass is 16.5. The van der Waals surface area contributed by atoms with E-state index in [2.05, 4.69) is 4.98 Å². The van der Waals surface area contributed by atoms with Gasteiger partial charge in [-0.25, -0.2) is 0 Å². The van der Waals surface area contributed by atoms with Crippen molar-refractivity contribution in [3.63, 3.8) is 0 Å². The van der Waals surface area contributed by atoms with E-state index < -0.39 is 0 Å². The summed E-state index contributed by atoms with van der Waals surface area (Å²) in [6, 6.07) is 7.85. The van der Waals surface area contributed by atoms with Crippen molar-refractivity contribution >= 4 is 5.69 Å². The number of anilines is 1. The molecular weight excluding hydrogens is 200 g/mol. The van der Waals surface area contributed by atoms with Gasteiger partial charge in [0.05, 0.1) is 19.0 Å². The second-order valence-electron chi connectivity index (χ2n) is 3.65. The molecule has 0 fully saturated rings. The average Bonchev–Trinajstić information content (AvgIpc) is 2.30. The van der Waals surface area contributed by atoms with Gasteiger partial charge in [0.25, 0.3) is 0 Å². The van der Waals surface area contributed by atoms with Gasteiger partial charge in [-0.1, -0.05) is 12.1 Å². The van der Waals surface area contributed by atoms with E-state index in [0.29, 0.717) is 5.69 Å². The predicted molar refractivity (Wildman–Crippen MR) is 65.4 cm³/mol. The number of rotatable bonds is 2. The summed E-state index contributed by atoms with van der Waals surface area (Å²) >= 11 is 0. The van der Waals surface area contributed by atoms with Gasteiger partial charge in [-0.2, -0.15) is 0 Å². The molecule has 2 rings (SSSR count). The molecule has 0 amide bonds. The van der Waals surface area contributed by atoms with Gasteiger partial charge in [-0.05, 0) is 30.2 Å². The Morgan fingerprint density at radius 1 is 1.12 bits per heavy atom. The van der Waals surface area contributed by atoms with Gasteiger partial charge in [0.2, 0.25) is 0 Å². The number of ether oxygens (including phenoxy) is 1. The third-order valence-electron chi connectivity index (χ3n) is 2.54. The van der Waals surface area contributed by atoms with Crippen molar-refractivity contribution in [1.82, 2.24) is 4.98 Å². The molecule has 0 aliphatic carbocycles. The molecule has 3 nitrogen and oxygen atoms in total. The van der Waals surface area contributed by atoms with E-state index >= 15 is 0 Å². The van der Waals surface area contributed by atoms with Crippen LogP contribution in [0.1, 0.15) is 5.56 Å². The van der Waals surface area contributed by atoms with E-state index in [1.54, 1.807) is 13.3 Å².